The minimum atomic E-state index is 0.935. The molecule has 0 aliphatic heterocycles. The molecule has 3 aromatic rings. The van der Waals surface area contributed by atoms with E-state index in [-0.39, 0.29) is 0 Å². The van der Waals surface area contributed by atoms with Crippen molar-refractivity contribution in [2.24, 2.45) is 0 Å². The zero-order chi connectivity index (χ0) is 11.0. The van der Waals surface area contributed by atoms with Crippen LogP contribution in [0.5, 0.6) is 0 Å². The molecule has 0 aliphatic rings. The summed E-state index contributed by atoms with van der Waals surface area (Å²) in [4.78, 5) is 0. The van der Waals surface area contributed by atoms with Crippen LogP contribution in [0, 0.1) is 6.92 Å². The molecule has 0 aliphatic carbocycles. The van der Waals surface area contributed by atoms with E-state index in [4.69, 9.17) is 4.42 Å². The van der Waals surface area contributed by atoms with Crippen LogP contribution in [0.3, 0.4) is 0 Å². The number of rotatable bonds is 1. The van der Waals surface area contributed by atoms with E-state index < -0.39 is 0 Å². The Balaban J connectivity index is 2.23. The lowest BCUT2D eigenvalue weighted by Gasteiger charge is -1.93. The first-order valence-corrected chi connectivity index (χ1v) is 5.39. The molecule has 0 saturated carbocycles. The van der Waals surface area contributed by atoms with Gasteiger partial charge in [-0.05, 0) is 24.6 Å². The summed E-state index contributed by atoms with van der Waals surface area (Å²) in [7, 11) is 0. The second-order valence-corrected chi connectivity index (χ2v) is 3.96. The molecule has 0 atom stereocenters. The average Bonchev–Trinajstić information content (AvgIpc) is 2.76. The maximum atomic E-state index is 5.83. The predicted octanol–water partition coefficient (Wildman–Crippen LogP) is 4.41. The molecule has 1 nitrogen and oxygen atoms in total. The van der Waals surface area contributed by atoms with Crippen LogP contribution in [0.2, 0.25) is 0 Å². The van der Waals surface area contributed by atoms with E-state index in [9.17, 15) is 0 Å². The van der Waals surface area contributed by atoms with Crippen molar-refractivity contribution < 1.29 is 4.42 Å². The minimum absolute atomic E-state index is 0.935. The SMILES string of the molecule is Cc1cccc2oc(-c3ccccc3)cc12. The van der Waals surface area contributed by atoms with Gasteiger partial charge in [-0.3, -0.25) is 0 Å². The molecule has 1 heterocycles. The molecule has 0 N–H and O–H groups in total. The molecule has 0 unspecified atom stereocenters. The monoisotopic (exact) mass is 208 g/mol. The van der Waals surface area contributed by atoms with Gasteiger partial charge in [-0.25, -0.2) is 0 Å². The number of aryl methyl sites for hydroxylation is 1. The third-order valence-corrected chi connectivity index (χ3v) is 2.84. The third-order valence-electron chi connectivity index (χ3n) is 2.84. The summed E-state index contributed by atoms with van der Waals surface area (Å²) in [5.41, 5.74) is 3.33. The van der Waals surface area contributed by atoms with Gasteiger partial charge in [0.25, 0.3) is 0 Å². The second-order valence-electron chi connectivity index (χ2n) is 3.96. The maximum absolute atomic E-state index is 5.83. The number of hydrogen-bond acceptors (Lipinski definition) is 1. The van der Waals surface area contributed by atoms with Crippen molar-refractivity contribution in [3.8, 4) is 11.3 Å². The summed E-state index contributed by atoms with van der Waals surface area (Å²) in [5, 5.41) is 1.20. The second kappa shape index (κ2) is 3.53. The van der Waals surface area contributed by atoms with Gasteiger partial charge < -0.3 is 4.42 Å². The Morgan fingerprint density at radius 1 is 0.875 bits per heavy atom. The lowest BCUT2D eigenvalue weighted by molar-refractivity contribution is 0.631. The third kappa shape index (κ3) is 1.41. The largest absolute Gasteiger partial charge is 0.456 e. The summed E-state index contributed by atoms with van der Waals surface area (Å²) in [6.45, 7) is 2.10. The molecule has 16 heavy (non-hydrogen) atoms. The van der Waals surface area contributed by atoms with Gasteiger partial charge >= 0.3 is 0 Å². The predicted molar refractivity (Wildman–Crippen MR) is 66.4 cm³/mol. The summed E-state index contributed by atoms with van der Waals surface area (Å²) >= 11 is 0. The molecule has 0 saturated heterocycles. The molecule has 0 spiro atoms. The zero-order valence-electron chi connectivity index (χ0n) is 9.10. The van der Waals surface area contributed by atoms with Gasteiger partial charge in [0.2, 0.25) is 0 Å². The van der Waals surface area contributed by atoms with Crippen LogP contribution in [0.15, 0.2) is 59.0 Å². The quantitative estimate of drug-likeness (QED) is 0.577. The fourth-order valence-corrected chi connectivity index (χ4v) is 1.95. The molecule has 78 valence electrons. The molecular weight excluding hydrogens is 196 g/mol. The molecule has 0 amide bonds. The van der Waals surface area contributed by atoms with Gasteiger partial charge in [-0.2, -0.15) is 0 Å². The van der Waals surface area contributed by atoms with E-state index in [2.05, 4.69) is 31.2 Å². The van der Waals surface area contributed by atoms with Gasteiger partial charge in [0.1, 0.15) is 11.3 Å². The van der Waals surface area contributed by atoms with Crippen molar-refractivity contribution in [2.45, 2.75) is 6.92 Å². The van der Waals surface area contributed by atoms with Crippen molar-refractivity contribution >= 4 is 11.0 Å². The first kappa shape index (κ1) is 9.22. The van der Waals surface area contributed by atoms with E-state index in [1.807, 2.05) is 30.3 Å². The van der Waals surface area contributed by atoms with Crippen LogP contribution in [-0.2, 0) is 0 Å². The molecule has 1 aromatic heterocycles. The van der Waals surface area contributed by atoms with Gasteiger partial charge in [-0.1, -0.05) is 42.5 Å². The Labute approximate surface area is 94.3 Å². The Morgan fingerprint density at radius 3 is 2.44 bits per heavy atom. The van der Waals surface area contributed by atoms with Gasteiger partial charge in [-0.15, -0.1) is 0 Å². The summed E-state index contributed by atoms with van der Waals surface area (Å²) < 4.78 is 5.83. The highest BCUT2D eigenvalue weighted by atomic mass is 16.3. The van der Waals surface area contributed by atoms with Crippen LogP contribution in [0.4, 0.5) is 0 Å². The van der Waals surface area contributed by atoms with Gasteiger partial charge in [0.05, 0.1) is 0 Å². The van der Waals surface area contributed by atoms with Gasteiger partial charge in [0, 0.05) is 10.9 Å². The number of benzene rings is 2. The fourth-order valence-electron chi connectivity index (χ4n) is 1.95. The van der Waals surface area contributed by atoms with E-state index in [1.165, 1.54) is 10.9 Å². The van der Waals surface area contributed by atoms with Crippen molar-refractivity contribution in [1.29, 1.82) is 0 Å². The molecular formula is C15H12O. The minimum Gasteiger partial charge on any atom is -0.456 e. The first-order valence-electron chi connectivity index (χ1n) is 5.39. The zero-order valence-corrected chi connectivity index (χ0v) is 9.10. The Hall–Kier alpha value is -2.02. The van der Waals surface area contributed by atoms with Crippen molar-refractivity contribution in [3.63, 3.8) is 0 Å². The standard InChI is InChI=1S/C15H12O/c1-11-6-5-9-14-13(11)10-15(16-14)12-7-3-2-4-8-12/h2-10H,1H3. The van der Waals surface area contributed by atoms with Crippen molar-refractivity contribution in [1.82, 2.24) is 0 Å². The fraction of sp³-hybridized carbons (Fsp3) is 0.0667. The molecule has 1 heteroatoms. The first-order chi connectivity index (χ1) is 7.84. The van der Waals surface area contributed by atoms with E-state index in [0.29, 0.717) is 0 Å². The van der Waals surface area contributed by atoms with Crippen LogP contribution >= 0.6 is 0 Å². The van der Waals surface area contributed by atoms with Crippen molar-refractivity contribution in [3.05, 3.63) is 60.2 Å². The maximum Gasteiger partial charge on any atom is 0.135 e. The molecule has 2 aromatic carbocycles. The normalized spacial score (nSPS) is 10.8. The Bertz CT molecular complexity index is 620. The van der Waals surface area contributed by atoms with Crippen LogP contribution in [0.25, 0.3) is 22.3 Å². The lowest BCUT2D eigenvalue weighted by atomic mass is 10.1. The van der Waals surface area contributed by atoms with Gasteiger partial charge in [0.15, 0.2) is 0 Å². The topological polar surface area (TPSA) is 13.1 Å². The lowest BCUT2D eigenvalue weighted by Crippen LogP contribution is -1.70. The van der Waals surface area contributed by atoms with E-state index in [0.717, 1.165) is 16.9 Å². The van der Waals surface area contributed by atoms with Crippen molar-refractivity contribution in [2.75, 3.05) is 0 Å². The number of hydrogen-bond donors (Lipinski definition) is 0. The summed E-state index contributed by atoms with van der Waals surface area (Å²) in [6.07, 6.45) is 0. The van der Waals surface area contributed by atoms with E-state index in [1.54, 1.807) is 0 Å². The summed E-state index contributed by atoms with van der Waals surface area (Å²) in [6, 6.07) is 18.4. The van der Waals surface area contributed by atoms with Crippen LogP contribution in [0.1, 0.15) is 5.56 Å². The average molecular weight is 208 g/mol. The number of furan rings is 1. The molecule has 0 radical (unpaired) electrons. The van der Waals surface area contributed by atoms with Crippen LogP contribution < -0.4 is 0 Å². The molecule has 3 rings (SSSR count). The Morgan fingerprint density at radius 2 is 1.69 bits per heavy atom. The number of fused-ring (bicyclic) bond motifs is 1. The van der Waals surface area contributed by atoms with Crippen LogP contribution in [-0.4, -0.2) is 0 Å². The highest BCUT2D eigenvalue weighted by molar-refractivity contribution is 5.85. The summed E-state index contributed by atoms with van der Waals surface area (Å²) in [5.74, 6) is 0.935. The molecule has 0 bridgehead atoms. The molecule has 0 fully saturated rings. The smallest absolute Gasteiger partial charge is 0.135 e. The highest BCUT2D eigenvalue weighted by Crippen LogP contribution is 2.29. The van der Waals surface area contributed by atoms with E-state index >= 15 is 0 Å². The highest BCUT2D eigenvalue weighted by Gasteiger charge is 2.06. The Kier molecular flexibility index (Phi) is 2.03.